The molecule has 7 heteroatoms. The van der Waals surface area contributed by atoms with Gasteiger partial charge in [-0.3, -0.25) is 5.41 Å². The topological polar surface area (TPSA) is 105 Å². The van der Waals surface area contributed by atoms with Crippen molar-refractivity contribution in [3.05, 3.63) is 78.8 Å². The van der Waals surface area contributed by atoms with Crippen molar-refractivity contribution < 1.29 is 0 Å². The molecule has 2 heterocycles. The van der Waals surface area contributed by atoms with Crippen LogP contribution in [0.2, 0.25) is 0 Å². The lowest BCUT2D eigenvalue weighted by Gasteiger charge is -2.15. The molecular formula is C21H21N7. The van der Waals surface area contributed by atoms with Gasteiger partial charge in [0.15, 0.2) is 0 Å². The summed E-state index contributed by atoms with van der Waals surface area (Å²) >= 11 is 0. The molecule has 0 atom stereocenters. The predicted octanol–water partition coefficient (Wildman–Crippen LogP) is 3.41. The van der Waals surface area contributed by atoms with Crippen LogP contribution < -0.4 is 16.4 Å². The number of nitrogens with two attached hydrogens (primary N) is 1. The van der Waals surface area contributed by atoms with Crippen LogP contribution in [-0.2, 0) is 0 Å². The van der Waals surface area contributed by atoms with Crippen LogP contribution in [0.5, 0.6) is 0 Å². The number of nitrogens with zero attached hydrogens (tertiary/aromatic N) is 3. The molecule has 4 aromatic rings. The molecule has 0 saturated heterocycles. The van der Waals surface area contributed by atoms with Gasteiger partial charge in [-0.15, -0.1) is 0 Å². The summed E-state index contributed by atoms with van der Waals surface area (Å²) in [6, 6.07) is 19.9. The van der Waals surface area contributed by atoms with E-state index < -0.39 is 0 Å². The highest BCUT2D eigenvalue weighted by atomic mass is 15.1. The van der Waals surface area contributed by atoms with Crippen LogP contribution in [0.4, 0.5) is 17.3 Å². The largest absolute Gasteiger partial charge is 0.383 e. The molecule has 0 spiro atoms. The highest BCUT2D eigenvalue weighted by Crippen LogP contribution is 2.22. The lowest BCUT2D eigenvalue weighted by atomic mass is 10.2. The van der Waals surface area contributed by atoms with Gasteiger partial charge in [-0.25, -0.2) is 9.97 Å². The summed E-state index contributed by atoms with van der Waals surface area (Å²) in [4.78, 5) is 8.39. The normalized spacial score (nSPS) is 10.7. The molecule has 0 unspecified atom stereocenters. The zero-order chi connectivity index (χ0) is 19.3. The van der Waals surface area contributed by atoms with Crippen molar-refractivity contribution in [2.45, 2.75) is 0 Å². The summed E-state index contributed by atoms with van der Waals surface area (Å²) in [7, 11) is 0. The average molecular weight is 371 g/mol. The van der Waals surface area contributed by atoms with Crippen molar-refractivity contribution in [2.24, 2.45) is 0 Å². The standard InChI is InChI=1S/C21H21N7/c22-19-18(20(23)28-13-10-15-6-4-5-9-17(15)28)21(27-14-26-19)25-12-11-24-16-7-2-1-3-8-16/h1-10,13-14,23-24H,11-12H2,(H3,22,25,26,27). The fourth-order valence-electron chi connectivity index (χ4n) is 3.11. The third-order valence-electron chi connectivity index (χ3n) is 4.47. The quantitative estimate of drug-likeness (QED) is 0.236. The fourth-order valence-corrected chi connectivity index (χ4v) is 3.11. The van der Waals surface area contributed by atoms with Gasteiger partial charge in [0.1, 0.15) is 29.4 Å². The average Bonchev–Trinajstić information content (AvgIpc) is 3.16. The van der Waals surface area contributed by atoms with E-state index in [0.29, 0.717) is 24.5 Å². The molecular weight excluding hydrogens is 350 g/mol. The lowest BCUT2D eigenvalue weighted by Crippen LogP contribution is -2.20. The van der Waals surface area contributed by atoms with Crippen LogP contribution in [0.1, 0.15) is 5.56 Å². The molecule has 2 aromatic heterocycles. The summed E-state index contributed by atoms with van der Waals surface area (Å²) in [6.07, 6.45) is 3.27. The maximum Gasteiger partial charge on any atom is 0.144 e. The van der Waals surface area contributed by atoms with Gasteiger partial charge in [-0.05, 0) is 29.7 Å². The molecule has 0 bridgehead atoms. The lowest BCUT2D eigenvalue weighted by molar-refractivity contribution is 1.04. The predicted molar refractivity (Wildman–Crippen MR) is 114 cm³/mol. The van der Waals surface area contributed by atoms with Crippen LogP contribution in [0.3, 0.4) is 0 Å². The molecule has 0 aliphatic carbocycles. The number of hydrogen-bond acceptors (Lipinski definition) is 6. The molecule has 0 fully saturated rings. The van der Waals surface area contributed by atoms with E-state index in [-0.39, 0.29) is 11.7 Å². The maximum atomic E-state index is 8.71. The summed E-state index contributed by atoms with van der Waals surface area (Å²) in [6.45, 7) is 1.32. The molecule has 2 aromatic carbocycles. The van der Waals surface area contributed by atoms with Gasteiger partial charge in [-0.2, -0.15) is 0 Å². The fraction of sp³-hybridized carbons (Fsp3) is 0.0952. The Hall–Kier alpha value is -3.87. The molecule has 0 radical (unpaired) electrons. The number of fused-ring (bicyclic) bond motifs is 1. The van der Waals surface area contributed by atoms with Gasteiger partial charge in [0.2, 0.25) is 0 Å². The van der Waals surface area contributed by atoms with Gasteiger partial charge in [-0.1, -0.05) is 36.4 Å². The van der Waals surface area contributed by atoms with Crippen molar-refractivity contribution in [1.29, 1.82) is 5.41 Å². The van der Waals surface area contributed by atoms with E-state index >= 15 is 0 Å². The van der Waals surface area contributed by atoms with E-state index in [2.05, 4.69) is 20.6 Å². The molecule has 0 saturated carbocycles. The van der Waals surface area contributed by atoms with Crippen LogP contribution in [0.15, 0.2) is 73.2 Å². The summed E-state index contributed by atoms with van der Waals surface area (Å²) in [5, 5.41) is 16.4. The van der Waals surface area contributed by atoms with Crippen LogP contribution in [-0.4, -0.2) is 33.5 Å². The Morgan fingerprint density at radius 3 is 2.54 bits per heavy atom. The van der Waals surface area contributed by atoms with E-state index in [0.717, 1.165) is 16.6 Å². The first-order valence-electron chi connectivity index (χ1n) is 9.02. The Bertz CT molecular complexity index is 1100. The Labute approximate surface area is 162 Å². The second-order valence-corrected chi connectivity index (χ2v) is 6.30. The van der Waals surface area contributed by atoms with Gasteiger partial charge < -0.3 is 20.9 Å². The van der Waals surface area contributed by atoms with Crippen molar-refractivity contribution in [3.8, 4) is 0 Å². The number of rotatable bonds is 6. The van der Waals surface area contributed by atoms with Gasteiger partial charge >= 0.3 is 0 Å². The molecule has 140 valence electrons. The Morgan fingerprint density at radius 1 is 0.929 bits per heavy atom. The van der Waals surface area contributed by atoms with Crippen LogP contribution in [0.25, 0.3) is 10.9 Å². The number of benzene rings is 2. The minimum atomic E-state index is 0.234. The van der Waals surface area contributed by atoms with Crippen molar-refractivity contribution in [2.75, 3.05) is 29.5 Å². The Kier molecular flexibility index (Phi) is 4.88. The van der Waals surface area contributed by atoms with Crippen molar-refractivity contribution in [1.82, 2.24) is 14.5 Å². The van der Waals surface area contributed by atoms with E-state index in [4.69, 9.17) is 11.1 Å². The third kappa shape index (κ3) is 3.50. The van der Waals surface area contributed by atoms with E-state index in [9.17, 15) is 0 Å². The second-order valence-electron chi connectivity index (χ2n) is 6.30. The maximum absolute atomic E-state index is 8.71. The second kappa shape index (κ2) is 7.79. The third-order valence-corrected chi connectivity index (χ3v) is 4.47. The number of nitrogens with one attached hydrogen (secondary N) is 3. The zero-order valence-electron chi connectivity index (χ0n) is 15.3. The van der Waals surface area contributed by atoms with E-state index in [1.165, 1.54) is 6.33 Å². The molecule has 5 N–H and O–H groups in total. The molecule has 28 heavy (non-hydrogen) atoms. The number of aromatic nitrogens is 3. The molecule has 0 amide bonds. The Balaban J connectivity index is 1.53. The minimum Gasteiger partial charge on any atom is -0.383 e. The Morgan fingerprint density at radius 2 is 1.68 bits per heavy atom. The van der Waals surface area contributed by atoms with Crippen molar-refractivity contribution >= 4 is 34.1 Å². The molecule has 7 nitrogen and oxygen atoms in total. The first-order chi connectivity index (χ1) is 13.7. The van der Waals surface area contributed by atoms with Gasteiger partial charge in [0, 0.05) is 25.0 Å². The summed E-state index contributed by atoms with van der Waals surface area (Å²) < 4.78 is 1.79. The molecule has 0 aliphatic heterocycles. The van der Waals surface area contributed by atoms with Crippen LogP contribution in [0, 0.1) is 5.41 Å². The number of hydrogen-bond donors (Lipinski definition) is 4. The van der Waals surface area contributed by atoms with E-state index in [1.807, 2.05) is 66.9 Å². The van der Waals surface area contributed by atoms with Gasteiger partial charge in [0.25, 0.3) is 0 Å². The van der Waals surface area contributed by atoms with Crippen LogP contribution >= 0.6 is 0 Å². The SMILES string of the molecule is N=C(c1c(N)ncnc1NCCNc1ccccc1)n1ccc2ccccc21. The minimum absolute atomic E-state index is 0.234. The highest BCUT2D eigenvalue weighted by molar-refractivity contribution is 6.09. The van der Waals surface area contributed by atoms with Gasteiger partial charge in [0.05, 0.1) is 5.52 Å². The number of anilines is 3. The first kappa shape index (κ1) is 17.5. The van der Waals surface area contributed by atoms with E-state index in [1.54, 1.807) is 4.57 Å². The monoisotopic (exact) mass is 371 g/mol. The smallest absolute Gasteiger partial charge is 0.144 e. The summed E-state index contributed by atoms with van der Waals surface area (Å²) in [5.74, 6) is 1.05. The molecule has 4 rings (SSSR count). The highest BCUT2D eigenvalue weighted by Gasteiger charge is 2.17. The molecule has 0 aliphatic rings. The summed E-state index contributed by atoms with van der Waals surface area (Å²) in [5.41, 5.74) is 8.59. The first-order valence-corrected chi connectivity index (χ1v) is 9.02. The number of para-hydroxylation sites is 2. The van der Waals surface area contributed by atoms with Crippen molar-refractivity contribution in [3.63, 3.8) is 0 Å². The zero-order valence-corrected chi connectivity index (χ0v) is 15.3. The number of nitrogen functional groups attached to an aromatic ring is 1.